The Bertz CT molecular complexity index is 348. The molecule has 3 nitrogen and oxygen atoms in total. The van der Waals surface area contributed by atoms with Gasteiger partial charge in [-0.25, -0.2) is 4.98 Å². The number of methoxy groups -OCH3 is 1. The lowest BCUT2D eigenvalue weighted by Gasteiger charge is -2.32. The first-order valence-electron chi connectivity index (χ1n) is 7.26. The second kappa shape index (κ2) is 8.67. The van der Waals surface area contributed by atoms with E-state index in [9.17, 15) is 0 Å². The van der Waals surface area contributed by atoms with E-state index in [0.717, 1.165) is 26.1 Å². The average molecular weight is 284 g/mol. The van der Waals surface area contributed by atoms with Crippen molar-refractivity contribution in [3.05, 3.63) is 16.1 Å². The summed E-state index contributed by atoms with van der Waals surface area (Å²) in [6, 6.07) is 0. The van der Waals surface area contributed by atoms with E-state index in [4.69, 9.17) is 4.74 Å². The summed E-state index contributed by atoms with van der Waals surface area (Å²) in [4.78, 5) is 5.79. The van der Waals surface area contributed by atoms with Gasteiger partial charge in [0.05, 0.1) is 17.8 Å². The van der Waals surface area contributed by atoms with Gasteiger partial charge >= 0.3 is 0 Å². The number of aryl methyl sites for hydroxylation is 2. The summed E-state index contributed by atoms with van der Waals surface area (Å²) in [5.74, 6) is 0. The first-order valence-corrected chi connectivity index (χ1v) is 8.14. The minimum Gasteiger partial charge on any atom is -0.383 e. The smallest absolute Gasteiger partial charge is 0.0797 e. The molecule has 0 aliphatic heterocycles. The monoisotopic (exact) mass is 284 g/mol. The largest absolute Gasteiger partial charge is 0.383 e. The standard InChI is InChI=1S/C15H28N2OS/c1-5-15(6-2,11-16-9-10-18-4)8-7-14-13(3)17-12-19-14/h12,16H,5-11H2,1-4H3. The Morgan fingerprint density at radius 3 is 2.63 bits per heavy atom. The zero-order valence-corrected chi connectivity index (χ0v) is 13.6. The van der Waals surface area contributed by atoms with Gasteiger partial charge in [0.2, 0.25) is 0 Å². The molecule has 110 valence electrons. The van der Waals surface area contributed by atoms with Gasteiger partial charge in [0, 0.05) is 25.1 Å². The van der Waals surface area contributed by atoms with Crippen molar-refractivity contribution >= 4 is 11.3 Å². The molecule has 1 heterocycles. The fourth-order valence-corrected chi connectivity index (χ4v) is 3.20. The van der Waals surface area contributed by atoms with Crippen LogP contribution < -0.4 is 5.32 Å². The lowest BCUT2D eigenvalue weighted by Crippen LogP contribution is -2.35. The number of thiazole rings is 1. The Kier molecular flexibility index (Phi) is 7.57. The molecule has 0 fully saturated rings. The van der Waals surface area contributed by atoms with Crippen molar-refractivity contribution in [2.45, 2.75) is 46.5 Å². The molecular weight excluding hydrogens is 256 g/mol. The van der Waals surface area contributed by atoms with Gasteiger partial charge in [0.15, 0.2) is 0 Å². The van der Waals surface area contributed by atoms with Gasteiger partial charge in [0.1, 0.15) is 0 Å². The Labute approximate surface area is 121 Å². The van der Waals surface area contributed by atoms with Crippen LogP contribution in [0.1, 0.15) is 43.7 Å². The summed E-state index contributed by atoms with van der Waals surface area (Å²) in [6.07, 6.45) is 4.84. The topological polar surface area (TPSA) is 34.2 Å². The molecule has 1 N–H and O–H groups in total. The van der Waals surface area contributed by atoms with E-state index in [1.54, 1.807) is 18.4 Å². The molecule has 0 radical (unpaired) electrons. The van der Waals surface area contributed by atoms with Gasteiger partial charge in [-0.1, -0.05) is 13.8 Å². The number of nitrogens with one attached hydrogen (secondary N) is 1. The average Bonchev–Trinajstić information content (AvgIpc) is 2.84. The Morgan fingerprint density at radius 1 is 1.37 bits per heavy atom. The highest BCUT2D eigenvalue weighted by atomic mass is 32.1. The molecule has 0 spiro atoms. The predicted molar refractivity (Wildman–Crippen MR) is 82.9 cm³/mol. The van der Waals surface area contributed by atoms with E-state index in [-0.39, 0.29) is 0 Å². The van der Waals surface area contributed by atoms with Crippen LogP contribution in [-0.2, 0) is 11.2 Å². The third-order valence-corrected chi connectivity index (χ3v) is 5.21. The number of nitrogens with zero attached hydrogens (tertiary/aromatic N) is 1. The summed E-state index contributed by atoms with van der Waals surface area (Å²) in [5.41, 5.74) is 3.57. The first kappa shape index (κ1) is 16.6. The van der Waals surface area contributed by atoms with Crippen LogP contribution in [0.3, 0.4) is 0 Å². The maximum atomic E-state index is 5.09. The Balaban J connectivity index is 2.48. The van der Waals surface area contributed by atoms with Crippen molar-refractivity contribution in [3.8, 4) is 0 Å². The van der Waals surface area contributed by atoms with Crippen LogP contribution >= 0.6 is 11.3 Å². The molecule has 0 aliphatic rings. The molecule has 0 aromatic carbocycles. The van der Waals surface area contributed by atoms with Gasteiger partial charge in [-0.3, -0.25) is 0 Å². The van der Waals surface area contributed by atoms with Crippen LogP contribution in [0.15, 0.2) is 5.51 Å². The summed E-state index contributed by atoms with van der Waals surface area (Å²) in [7, 11) is 1.75. The molecule has 0 saturated carbocycles. The third-order valence-electron chi connectivity index (χ3n) is 4.21. The summed E-state index contributed by atoms with van der Waals surface area (Å²) in [6.45, 7) is 9.54. The second-order valence-electron chi connectivity index (χ2n) is 5.24. The fourth-order valence-electron chi connectivity index (χ4n) is 2.41. The van der Waals surface area contributed by atoms with Gasteiger partial charge in [0.25, 0.3) is 0 Å². The number of hydrogen-bond acceptors (Lipinski definition) is 4. The molecule has 0 amide bonds. The van der Waals surface area contributed by atoms with Crippen LogP contribution in [0, 0.1) is 12.3 Å². The van der Waals surface area contributed by atoms with E-state index in [1.165, 1.54) is 29.8 Å². The van der Waals surface area contributed by atoms with E-state index >= 15 is 0 Å². The molecule has 1 aromatic heterocycles. The minimum absolute atomic E-state index is 0.407. The van der Waals surface area contributed by atoms with Crippen LogP contribution in [0.25, 0.3) is 0 Å². The van der Waals surface area contributed by atoms with Crippen molar-refractivity contribution in [1.82, 2.24) is 10.3 Å². The fraction of sp³-hybridized carbons (Fsp3) is 0.800. The van der Waals surface area contributed by atoms with Crippen molar-refractivity contribution in [3.63, 3.8) is 0 Å². The summed E-state index contributed by atoms with van der Waals surface area (Å²) >= 11 is 1.79. The maximum absolute atomic E-state index is 5.09. The zero-order valence-electron chi connectivity index (χ0n) is 12.8. The molecule has 0 aliphatic carbocycles. The highest BCUT2D eigenvalue weighted by molar-refractivity contribution is 7.09. The van der Waals surface area contributed by atoms with Crippen molar-refractivity contribution in [2.24, 2.45) is 5.41 Å². The maximum Gasteiger partial charge on any atom is 0.0797 e. The molecule has 4 heteroatoms. The quantitative estimate of drug-likeness (QED) is 0.668. The van der Waals surface area contributed by atoms with Crippen molar-refractivity contribution in [2.75, 3.05) is 26.8 Å². The van der Waals surface area contributed by atoms with Gasteiger partial charge < -0.3 is 10.1 Å². The van der Waals surface area contributed by atoms with Crippen LogP contribution in [0.5, 0.6) is 0 Å². The van der Waals surface area contributed by atoms with Crippen LogP contribution in [-0.4, -0.2) is 31.8 Å². The molecular formula is C15H28N2OS. The van der Waals surface area contributed by atoms with E-state index in [2.05, 4.69) is 31.1 Å². The van der Waals surface area contributed by atoms with Crippen molar-refractivity contribution in [1.29, 1.82) is 0 Å². The second-order valence-corrected chi connectivity index (χ2v) is 6.18. The van der Waals surface area contributed by atoms with Crippen molar-refractivity contribution < 1.29 is 4.74 Å². The molecule has 0 atom stereocenters. The van der Waals surface area contributed by atoms with Crippen LogP contribution in [0.2, 0.25) is 0 Å². The van der Waals surface area contributed by atoms with E-state index in [0.29, 0.717) is 5.41 Å². The minimum atomic E-state index is 0.407. The Hall–Kier alpha value is -0.450. The summed E-state index contributed by atoms with van der Waals surface area (Å²) < 4.78 is 5.09. The number of aromatic nitrogens is 1. The van der Waals surface area contributed by atoms with Gasteiger partial charge in [-0.15, -0.1) is 11.3 Å². The molecule has 0 unspecified atom stereocenters. The van der Waals surface area contributed by atoms with Gasteiger partial charge in [-0.05, 0) is 38.0 Å². The predicted octanol–water partition coefficient (Wildman–Crippen LogP) is 3.43. The lowest BCUT2D eigenvalue weighted by atomic mass is 9.78. The molecule has 1 rings (SSSR count). The highest BCUT2D eigenvalue weighted by Gasteiger charge is 2.25. The highest BCUT2D eigenvalue weighted by Crippen LogP contribution is 2.32. The molecule has 0 bridgehead atoms. The lowest BCUT2D eigenvalue weighted by molar-refractivity contribution is 0.182. The third kappa shape index (κ3) is 5.21. The Morgan fingerprint density at radius 2 is 2.11 bits per heavy atom. The molecule has 19 heavy (non-hydrogen) atoms. The molecule has 0 saturated heterocycles. The normalized spacial score (nSPS) is 12.0. The zero-order chi connectivity index (χ0) is 14.1. The number of rotatable bonds is 10. The molecule has 1 aromatic rings. The van der Waals surface area contributed by atoms with Gasteiger partial charge in [-0.2, -0.15) is 0 Å². The summed E-state index contributed by atoms with van der Waals surface area (Å²) in [5, 5.41) is 3.54. The first-order chi connectivity index (χ1) is 9.17. The number of hydrogen-bond donors (Lipinski definition) is 1. The van der Waals surface area contributed by atoms with E-state index < -0.39 is 0 Å². The van der Waals surface area contributed by atoms with Crippen LogP contribution in [0.4, 0.5) is 0 Å². The SMILES string of the molecule is CCC(CC)(CCc1scnc1C)CNCCOC. The number of ether oxygens (including phenoxy) is 1. The van der Waals surface area contributed by atoms with E-state index in [1.807, 2.05) is 5.51 Å².